The molecule has 0 aliphatic heterocycles. The molecule has 0 heterocycles. The van der Waals surface area contributed by atoms with Crippen LogP contribution in [0.4, 0.5) is 8.78 Å². The molecule has 2 aromatic rings. The third-order valence-corrected chi connectivity index (χ3v) is 2.89. The summed E-state index contributed by atoms with van der Waals surface area (Å²) in [5, 5.41) is 0. The zero-order valence-corrected chi connectivity index (χ0v) is 10.6. The molecule has 0 aromatic heterocycles. The largest absolute Gasteiger partial charge is 0.454 e. The van der Waals surface area contributed by atoms with Gasteiger partial charge in [0.25, 0.3) is 0 Å². The lowest BCUT2D eigenvalue weighted by molar-refractivity contribution is 0.416. The van der Waals surface area contributed by atoms with Crippen molar-refractivity contribution >= 4 is 0 Å². The summed E-state index contributed by atoms with van der Waals surface area (Å²) in [5.74, 6) is -1.61. The van der Waals surface area contributed by atoms with Crippen LogP contribution in [0, 0.1) is 11.6 Å². The molecule has 0 aliphatic rings. The van der Waals surface area contributed by atoms with E-state index in [9.17, 15) is 8.78 Å². The quantitative estimate of drug-likeness (QED) is 0.898. The third kappa shape index (κ3) is 3.09. The monoisotopic (exact) mass is 263 g/mol. The first-order valence-corrected chi connectivity index (χ1v) is 6.09. The Morgan fingerprint density at radius 2 is 1.79 bits per heavy atom. The molecule has 0 saturated carbocycles. The SMILES string of the molecule is CC[C@@H](N)c1ccc(Oc2cccc(F)c2F)cc1. The van der Waals surface area contributed by atoms with Crippen molar-refractivity contribution in [3.05, 3.63) is 59.7 Å². The maximum absolute atomic E-state index is 13.4. The molecular formula is C15H15F2NO. The molecule has 0 unspecified atom stereocenters. The number of ether oxygens (including phenoxy) is 1. The van der Waals surface area contributed by atoms with Gasteiger partial charge in [-0.3, -0.25) is 0 Å². The Hall–Kier alpha value is -1.94. The van der Waals surface area contributed by atoms with E-state index in [0.29, 0.717) is 5.75 Å². The molecule has 0 bridgehead atoms. The van der Waals surface area contributed by atoms with Crippen LogP contribution in [-0.4, -0.2) is 0 Å². The second-order valence-electron chi connectivity index (χ2n) is 4.24. The van der Waals surface area contributed by atoms with E-state index >= 15 is 0 Å². The molecule has 2 rings (SSSR count). The summed E-state index contributed by atoms with van der Waals surface area (Å²) in [6.45, 7) is 2.00. The maximum atomic E-state index is 13.4. The summed E-state index contributed by atoms with van der Waals surface area (Å²) in [7, 11) is 0. The summed E-state index contributed by atoms with van der Waals surface area (Å²) in [6, 6.07) is 10.8. The van der Waals surface area contributed by atoms with Crippen LogP contribution in [0.15, 0.2) is 42.5 Å². The zero-order valence-electron chi connectivity index (χ0n) is 10.6. The number of halogens is 2. The maximum Gasteiger partial charge on any atom is 0.201 e. The second kappa shape index (κ2) is 5.80. The van der Waals surface area contributed by atoms with E-state index in [-0.39, 0.29) is 11.8 Å². The van der Waals surface area contributed by atoms with E-state index in [1.165, 1.54) is 12.1 Å². The van der Waals surface area contributed by atoms with Gasteiger partial charge in [-0.15, -0.1) is 0 Å². The molecule has 4 heteroatoms. The van der Waals surface area contributed by atoms with Crippen molar-refractivity contribution in [2.75, 3.05) is 0 Å². The van der Waals surface area contributed by atoms with Crippen molar-refractivity contribution in [1.82, 2.24) is 0 Å². The highest BCUT2D eigenvalue weighted by Crippen LogP contribution is 2.26. The Kier molecular flexibility index (Phi) is 4.12. The van der Waals surface area contributed by atoms with Crippen LogP contribution in [0.2, 0.25) is 0 Å². The van der Waals surface area contributed by atoms with E-state index in [2.05, 4.69) is 0 Å². The van der Waals surface area contributed by atoms with Gasteiger partial charge in [0.05, 0.1) is 0 Å². The van der Waals surface area contributed by atoms with Gasteiger partial charge in [0, 0.05) is 6.04 Å². The summed E-state index contributed by atoms with van der Waals surface area (Å²) < 4.78 is 31.8. The minimum Gasteiger partial charge on any atom is -0.454 e. The van der Waals surface area contributed by atoms with Gasteiger partial charge in [-0.25, -0.2) is 4.39 Å². The van der Waals surface area contributed by atoms with Gasteiger partial charge in [0.2, 0.25) is 5.82 Å². The van der Waals surface area contributed by atoms with Crippen LogP contribution in [0.3, 0.4) is 0 Å². The molecule has 2 aromatic carbocycles. The highest BCUT2D eigenvalue weighted by molar-refractivity contribution is 5.34. The van der Waals surface area contributed by atoms with E-state index in [4.69, 9.17) is 10.5 Å². The Morgan fingerprint density at radius 3 is 2.42 bits per heavy atom. The Labute approximate surface area is 110 Å². The van der Waals surface area contributed by atoms with E-state index in [0.717, 1.165) is 18.1 Å². The molecule has 2 nitrogen and oxygen atoms in total. The molecule has 0 radical (unpaired) electrons. The minimum atomic E-state index is -0.989. The summed E-state index contributed by atoms with van der Waals surface area (Å²) >= 11 is 0. The number of hydrogen-bond donors (Lipinski definition) is 1. The lowest BCUT2D eigenvalue weighted by Gasteiger charge is -2.11. The zero-order chi connectivity index (χ0) is 13.8. The first-order valence-electron chi connectivity index (χ1n) is 6.09. The lowest BCUT2D eigenvalue weighted by Crippen LogP contribution is -2.08. The van der Waals surface area contributed by atoms with Gasteiger partial charge in [-0.05, 0) is 36.2 Å². The first-order chi connectivity index (χ1) is 9.11. The molecule has 0 saturated heterocycles. The summed E-state index contributed by atoms with van der Waals surface area (Å²) in [6.07, 6.45) is 0.832. The summed E-state index contributed by atoms with van der Waals surface area (Å²) in [4.78, 5) is 0. The fourth-order valence-corrected chi connectivity index (χ4v) is 1.71. The lowest BCUT2D eigenvalue weighted by atomic mass is 10.1. The van der Waals surface area contributed by atoms with Gasteiger partial charge in [-0.1, -0.05) is 25.1 Å². The number of rotatable bonds is 4. The molecule has 1 atom stereocenters. The van der Waals surface area contributed by atoms with Gasteiger partial charge in [-0.2, -0.15) is 4.39 Å². The second-order valence-corrected chi connectivity index (χ2v) is 4.24. The number of nitrogens with two attached hydrogens (primary N) is 1. The normalized spacial score (nSPS) is 12.2. The third-order valence-electron chi connectivity index (χ3n) is 2.89. The van der Waals surface area contributed by atoms with Crippen molar-refractivity contribution < 1.29 is 13.5 Å². The molecule has 100 valence electrons. The highest BCUT2D eigenvalue weighted by Gasteiger charge is 2.10. The van der Waals surface area contributed by atoms with Gasteiger partial charge in [0.15, 0.2) is 11.6 Å². The van der Waals surface area contributed by atoms with Crippen LogP contribution in [0.25, 0.3) is 0 Å². The molecule has 0 aliphatic carbocycles. The molecule has 19 heavy (non-hydrogen) atoms. The van der Waals surface area contributed by atoms with Gasteiger partial charge < -0.3 is 10.5 Å². The van der Waals surface area contributed by atoms with Crippen molar-refractivity contribution in [3.8, 4) is 11.5 Å². The van der Waals surface area contributed by atoms with Crippen LogP contribution < -0.4 is 10.5 Å². The van der Waals surface area contributed by atoms with Crippen LogP contribution in [-0.2, 0) is 0 Å². The average molecular weight is 263 g/mol. The Balaban J connectivity index is 2.18. The topological polar surface area (TPSA) is 35.2 Å². The fourth-order valence-electron chi connectivity index (χ4n) is 1.71. The average Bonchev–Trinajstić information content (AvgIpc) is 2.44. The molecule has 0 fully saturated rings. The van der Waals surface area contributed by atoms with Crippen molar-refractivity contribution in [2.24, 2.45) is 5.73 Å². The summed E-state index contributed by atoms with van der Waals surface area (Å²) in [5.41, 5.74) is 6.87. The van der Waals surface area contributed by atoms with Crippen LogP contribution in [0.1, 0.15) is 24.9 Å². The van der Waals surface area contributed by atoms with Crippen molar-refractivity contribution in [2.45, 2.75) is 19.4 Å². The van der Waals surface area contributed by atoms with Gasteiger partial charge in [0.1, 0.15) is 5.75 Å². The Bertz CT molecular complexity index is 555. The molecule has 0 spiro atoms. The number of hydrogen-bond acceptors (Lipinski definition) is 2. The van der Waals surface area contributed by atoms with Crippen molar-refractivity contribution in [3.63, 3.8) is 0 Å². The molecule has 2 N–H and O–H groups in total. The van der Waals surface area contributed by atoms with Gasteiger partial charge >= 0.3 is 0 Å². The number of benzene rings is 2. The smallest absolute Gasteiger partial charge is 0.201 e. The van der Waals surface area contributed by atoms with Crippen LogP contribution >= 0.6 is 0 Å². The van der Waals surface area contributed by atoms with E-state index in [1.54, 1.807) is 12.1 Å². The first kappa shape index (κ1) is 13.5. The van der Waals surface area contributed by atoms with E-state index < -0.39 is 11.6 Å². The van der Waals surface area contributed by atoms with Crippen molar-refractivity contribution in [1.29, 1.82) is 0 Å². The molecular weight excluding hydrogens is 248 g/mol. The minimum absolute atomic E-state index is 0.0278. The van der Waals surface area contributed by atoms with Crippen LogP contribution in [0.5, 0.6) is 11.5 Å². The predicted octanol–water partition coefficient (Wildman–Crippen LogP) is 4.17. The van der Waals surface area contributed by atoms with E-state index in [1.807, 2.05) is 19.1 Å². The standard InChI is InChI=1S/C15H15F2NO/c1-2-13(18)10-6-8-11(9-7-10)19-14-5-3-4-12(16)15(14)17/h3-9,13H,2,18H2,1H3/t13-/m1/s1. The molecule has 0 amide bonds. The fraction of sp³-hybridized carbons (Fsp3) is 0.200. The predicted molar refractivity (Wildman–Crippen MR) is 70.1 cm³/mol. The Morgan fingerprint density at radius 1 is 1.11 bits per heavy atom. The highest BCUT2D eigenvalue weighted by atomic mass is 19.2.